The van der Waals surface area contributed by atoms with E-state index in [0.717, 1.165) is 12.8 Å². The zero-order chi connectivity index (χ0) is 12.0. The van der Waals surface area contributed by atoms with Crippen LogP contribution in [0.4, 0.5) is 0 Å². The van der Waals surface area contributed by atoms with E-state index in [1.807, 2.05) is 0 Å². The number of carboxylic acids is 1. The van der Waals surface area contributed by atoms with Gasteiger partial charge in [0.05, 0.1) is 18.4 Å². The molecular formula is C12H17NO3. The van der Waals surface area contributed by atoms with Crippen molar-refractivity contribution >= 4 is 11.9 Å². The van der Waals surface area contributed by atoms with Crippen molar-refractivity contribution in [3.05, 3.63) is 0 Å². The Balaban J connectivity index is 2.56. The van der Waals surface area contributed by atoms with Gasteiger partial charge in [-0.1, -0.05) is 18.8 Å². The molecule has 1 aliphatic rings. The van der Waals surface area contributed by atoms with Crippen molar-refractivity contribution in [2.45, 2.75) is 32.6 Å². The van der Waals surface area contributed by atoms with E-state index < -0.39 is 11.9 Å². The molecule has 2 N–H and O–H groups in total. The second kappa shape index (κ2) is 6.16. The molecule has 1 saturated carbocycles. The first-order chi connectivity index (χ1) is 7.66. The lowest BCUT2D eigenvalue weighted by Gasteiger charge is -2.27. The molecule has 0 unspecified atom stereocenters. The summed E-state index contributed by atoms with van der Waals surface area (Å²) in [6, 6.07) is 0. The SMILES string of the molecule is CC#CCNC(=O)[C@@H]1CCCC[C@@H]1C(=O)O. The van der Waals surface area contributed by atoms with Gasteiger partial charge in [-0.3, -0.25) is 9.59 Å². The summed E-state index contributed by atoms with van der Waals surface area (Å²) in [6.07, 6.45) is 3.10. The summed E-state index contributed by atoms with van der Waals surface area (Å²) in [5, 5.41) is 11.7. The predicted octanol–water partition coefficient (Wildman–Crippen LogP) is 1.02. The lowest BCUT2D eigenvalue weighted by Crippen LogP contribution is -2.39. The van der Waals surface area contributed by atoms with Gasteiger partial charge in [0.15, 0.2) is 0 Å². The van der Waals surface area contributed by atoms with E-state index in [2.05, 4.69) is 17.2 Å². The van der Waals surface area contributed by atoms with E-state index in [0.29, 0.717) is 19.4 Å². The van der Waals surface area contributed by atoms with Crippen molar-refractivity contribution in [1.82, 2.24) is 5.32 Å². The average molecular weight is 223 g/mol. The monoisotopic (exact) mass is 223 g/mol. The molecule has 2 atom stereocenters. The van der Waals surface area contributed by atoms with Gasteiger partial charge in [-0.05, 0) is 19.8 Å². The summed E-state index contributed by atoms with van der Waals surface area (Å²) in [4.78, 5) is 22.7. The van der Waals surface area contributed by atoms with Crippen LogP contribution in [0.5, 0.6) is 0 Å². The molecule has 1 amide bonds. The molecule has 16 heavy (non-hydrogen) atoms. The van der Waals surface area contributed by atoms with Crippen LogP contribution in [-0.4, -0.2) is 23.5 Å². The number of aliphatic carboxylic acids is 1. The fourth-order valence-corrected chi connectivity index (χ4v) is 2.09. The Morgan fingerprint density at radius 1 is 1.31 bits per heavy atom. The lowest BCUT2D eigenvalue weighted by molar-refractivity contribution is -0.148. The van der Waals surface area contributed by atoms with Crippen LogP contribution in [0.2, 0.25) is 0 Å². The fourth-order valence-electron chi connectivity index (χ4n) is 2.09. The maximum atomic E-state index is 11.7. The predicted molar refractivity (Wildman–Crippen MR) is 59.5 cm³/mol. The van der Waals surface area contributed by atoms with Crippen molar-refractivity contribution in [3.8, 4) is 11.8 Å². The number of hydrogen-bond acceptors (Lipinski definition) is 2. The molecule has 88 valence electrons. The van der Waals surface area contributed by atoms with Gasteiger partial charge < -0.3 is 10.4 Å². The Morgan fingerprint density at radius 3 is 2.50 bits per heavy atom. The molecular weight excluding hydrogens is 206 g/mol. The molecule has 0 aromatic heterocycles. The van der Waals surface area contributed by atoms with Crippen LogP contribution in [0.3, 0.4) is 0 Å². The van der Waals surface area contributed by atoms with Gasteiger partial charge in [0.1, 0.15) is 0 Å². The molecule has 4 heteroatoms. The topological polar surface area (TPSA) is 66.4 Å². The lowest BCUT2D eigenvalue weighted by atomic mass is 9.79. The number of carbonyl (C=O) groups excluding carboxylic acids is 1. The van der Waals surface area contributed by atoms with Crippen LogP contribution >= 0.6 is 0 Å². The van der Waals surface area contributed by atoms with Crippen molar-refractivity contribution < 1.29 is 14.7 Å². The Kier molecular flexibility index (Phi) is 4.84. The molecule has 1 rings (SSSR count). The van der Waals surface area contributed by atoms with Crippen LogP contribution < -0.4 is 5.32 Å². The van der Waals surface area contributed by atoms with E-state index in [1.165, 1.54) is 0 Å². The smallest absolute Gasteiger partial charge is 0.307 e. The summed E-state index contributed by atoms with van der Waals surface area (Å²) in [5.41, 5.74) is 0. The largest absolute Gasteiger partial charge is 0.481 e. The van der Waals surface area contributed by atoms with E-state index >= 15 is 0 Å². The van der Waals surface area contributed by atoms with Crippen molar-refractivity contribution in [2.24, 2.45) is 11.8 Å². The average Bonchev–Trinajstić information content (AvgIpc) is 2.29. The fraction of sp³-hybridized carbons (Fsp3) is 0.667. The third-order valence-corrected chi connectivity index (χ3v) is 2.95. The quantitative estimate of drug-likeness (QED) is 0.702. The molecule has 0 aliphatic heterocycles. The number of rotatable bonds is 3. The van der Waals surface area contributed by atoms with E-state index in [4.69, 9.17) is 5.11 Å². The summed E-state index contributed by atoms with van der Waals surface area (Å²) < 4.78 is 0. The van der Waals surface area contributed by atoms with Gasteiger partial charge in [-0.25, -0.2) is 0 Å². The highest BCUT2D eigenvalue weighted by Gasteiger charge is 2.35. The summed E-state index contributed by atoms with van der Waals surface area (Å²) >= 11 is 0. The highest BCUT2D eigenvalue weighted by atomic mass is 16.4. The van der Waals surface area contributed by atoms with Crippen molar-refractivity contribution in [2.75, 3.05) is 6.54 Å². The molecule has 0 heterocycles. The first-order valence-electron chi connectivity index (χ1n) is 5.57. The number of amides is 1. The molecule has 0 aromatic rings. The number of hydrogen-bond donors (Lipinski definition) is 2. The molecule has 1 aliphatic carbocycles. The number of carbonyl (C=O) groups is 2. The Hall–Kier alpha value is -1.50. The summed E-state index contributed by atoms with van der Waals surface area (Å²) in [5.74, 6) is 3.47. The van der Waals surface area contributed by atoms with Gasteiger partial charge in [0.25, 0.3) is 0 Å². The Labute approximate surface area is 95.4 Å². The second-order valence-corrected chi connectivity index (χ2v) is 3.98. The third-order valence-electron chi connectivity index (χ3n) is 2.95. The highest BCUT2D eigenvalue weighted by Crippen LogP contribution is 2.30. The minimum Gasteiger partial charge on any atom is -0.481 e. The Bertz CT molecular complexity index is 327. The molecule has 0 aromatic carbocycles. The summed E-state index contributed by atoms with van der Waals surface area (Å²) in [6.45, 7) is 2.00. The molecule has 0 radical (unpaired) electrons. The highest BCUT2D eigenvalue weighted by molar-refractivity contribution is 5.85. The zero-order valence-electron chi connectivity index (χ0n) is 9.45. The van der Waals surface area contributed by atoms with Crippen LogP contribution in [0.15, 0.2) is 0 Å². The minimum atomic E-state index is -0.860. The maximum absolute atomic E-state index is 11.7. The first kappa shape index (κ1) is 12.6. The van der Waals surface area contributed by atoms with Crippen molar-refractivity contribution in [1.29, 1.82) is 0 Å². The van der Waals surface area contributed by atoms with Gasteiger partial charge in [0, 0.05) is 0 Å². The molecule has 0 spiro atoms. The minimum absolute atomic E-state index is 0.171. The zero-order valence-corrected chi connectivity index (χ0v) is 9.45. The number of nitrogens with one attached hydrogen (secondary N) is 1. The van der Waals surface area contributed by atoms with Crippen LogP contribution in [0.1, 0.15) is 32.6 Å². The molecule has 0 bridgehead atoms. The molecule has 0 saturated heterocycles. The summed E-state index contributed by atoms with van der Waals surface area (Å²) in [7, 11) is 0. The van der Waals surface area contributed by atoms with Crippen LogP contribution in [-0.2, 0) is 9.59 Å². The van der Waals surface area contributed by atoms with E-state index in [-0.39, 0.29) is 11.8 Å². The van der Waals surface area contributed by atoms with Gasteiger partial charge in [-0.2, -0.15) is 0 Å². The van der Waals surface area contributed by atoms with Crippen LogP contribution in [0, 0.1) is 23.7 Å². The normalized spacial score (nSPS) is 24.1. The first-order valence-corrected chi connectivity index (χ1v) is 5.57. The Morgan fingerprint density at radius 2 is 1.94 bits per heavy atom. The molecule has 1 fully saturated rings. The van der Waals surface area contributed by atoms with Gasteiger partial charge in [-0.15, -0.1) is 5.92 Å². The molecule has 4 nitrogen and oxygen atoms in total. The van der Waals surface area contributed by atoms with Gasteiger partial charge in [0.2, 0.25) is 5.91 Å². The standard InChI is InChI=1S/C12H17NO3/c1-2-3-8-13-11(14)9-6-4-5-7-10(9)12(15)16/h9-10H,4-8H2,1H3,(H,13,14)(H,15,16)/t9-,10+/m1/s1. The maximum Gasteiger partial charge on any atom is 0.307 e. The van der Waals surface area contributed by atoms with Gasteiger partial charge >= 0.3 is 5.97 Å². The van der Waals surface area contributed by atoms with Crippen LogP contribution in [0.25, 0.3) is 0 Å². The third kappa shape index (κ3) is 3.27. The second-order valence-electron chi connectivity index (χ2n) is 3.98. The number of carboxylic acid groups (broad SMARTS) is 1. The van der Waals surface area contributed by atoms with E-state index in [9.17, 15) is 9.59 Å². The van der Waals surface area contributed by atoms with Crippen molar-refractivity contribution in [3.63, 3.8) is 0 Å². The van der Waals surface area contributed by atoms with E-state index in [1.54, 1.807) is 6.92 Å².